The summed E-state index contributed by atoms with van der Waals surface area (Å²) in [6.45, 7) is 9.05. The number of ether oxygens (including phenoxy) is 2. The Morgan fingerprint density at radius 3 is 2.72 bits per heavy atom. The van der Waals surface area contributed by atoms with Crippen molar-refractivity contribution in [3.05, 3.63) is 76.7 Å². The van der Waals surface area contributed by atoms with Crippen molar-refractivity contribution in [2.45, 2.75) is 20.5 Å². The van der Waals surface area contributed by atoms with E-state index in [9.17, 15) is 4.79 Å². The molecule has 0 aromatic heterocycles. The van der Waals surface area contributed by atoms with Gasteiger partial charge in [-0.1, -0.05) is 66.0 Å². The molecule has 29 heavy (non-hydrogen) atoms. The molecular formula is C23H23NO3S2. The van der Waals surface area contributed by atoms with Crippen LogP contribution in [0.2, 0.25) is 0 Å². The van der Waals surface area contributed by atoms with E-state index in [1.807, 2.05) is 43.3 Å². The lowest BCUT2D eigenvalue weighted by molar-refractivity contribution is -0.121. The molecule has 150 valence electrons. The van der Waals surface area contributed by atoms with Gasteiger partial charge in [0.05, 0.1) is 11.5 Å². The Labute approximate surface area is 181 Å². The number of nitrogens with zero attached hydrogens (tertiary/aromatic N) is 1. The topological polar surface area (TPSA) is 38.8 Å². The second-order valence-corrected chi connectivity index (χ2v) is 8.17. The molecule has 1 heterocycles. The third-order valence-electron chi connectivity index (χ3n) is 4.23. The number of thiocarbonyl (C=S) groups is 1. The Kier molecular flexibility index (Phi) is 7.12. The van der Waals surface area contributed by atoms with Crippen molar-refractivity contribution in [3.8, 4) is 11.5 Å². The van der Waals surface area contributed by atoms with Gasteiger partial charge < -0.3 is 9.47 Å². The Hall–Kier alpha value is -2.57. The first-order chi connectivity index (χ1) is 14.0. The van der Waals surface area contributed by atoms with Crippen LogP contribution < -0.4 is 9.47 Å². The number of hydrogen-bond donors (Lipinski definition) is 0. The van der Waals surface area contributed by atoms with Crippen LogP contribution in [0.15, 0.2) is 60.0 Å². The van der Waals surface area contributed by atoms with Crippen molar-refractivity contribution in [1.82, 2.24) is 4.90 Å². The SMILES string of the molecule is C=CCN1C(=O)/C(=C/c2ccc(OCc3cccc(C)c3)c(OCC)c2)SC1=S. The molecule has 0 bridgehead atoms. The van der Waals surface area contributed by atoms with Crippen LogP contribution in [0.4, 0.5) is 0 Å². The average molecular weight is 426 g/mol. The molecular weight excluding hydrogens is 402 g/mol. The predicted molar refractivity (Wildman–Crippen MR) is 123 cm³/mol. The van der Waals surface area contributed by atoms with Crippen LogP contribution in [0, 0.1) is 6.92 Å². The molecule has 1 aliphatic heterocycles. The van der Waals surface area contributed by atoms with Gasteiger partial charge in [0.25, 0.3) is 5.91 Å². The monoisotopic (exact) mass is 425 g/mol. The van der Waals surface area contributed by atoms with E-state index < -0.39 is 0 Å². The maximum Gasteiger partial charge on any atom is 0.266 e. The maximum absolute atomic E-state index is 12.5. The lowest BCUT2D eigenvalue weighted by Gasteiger charge is -2.13. The second kappa shape index (κ2) is 9.76. The van der Waals surface area contributed by atoms with Crippen molar-refractivity contribution in [1.29, 1.82) is 0 Å². The number of carbonyl (C=O) groups is 1. The average Bonchev–Trinajstić information content (AvgIpc) is 2.95. The fourth-order valence-electron chi connectivity index (χ4n) is 2.90. The molecule has 0 atom stereocenters. The van der Waals surface area contributed by atoms with Gasteiger partial charge in [-0.05, 0) is 43.2 Å². The number of aryl methyl sites for hydroxylation is 1. The second-order valence-electron chi connectivity index (χ2n) is 6.50. The summed E-state index contributed by atoms with van der Waals surface area (Å²) < 4.78 is 12.3. The zero-order valence-corrected chi connectivity index (χ0v) is 18.1. The lowest BCUT2D eigenvalue weighted by Crippen LogP contribution is -2.27. The molecule has 0 unspecified atom stereocenters. The normalized spacial score (nSPS) is 15.1. The highest BCUT2D eigenvalue weighted by Gasteiger charge is 2.31. The van der Waals surface area contributed by atoms with Crippen LogP contribution in [0.3, 0.4) is 0 Å². The predicted octanol–water partition coefficient (Wildman–Crippen LogP) is 5.36. The molecule has 0 spiro atoms. The molecule has 1 aliphatic rings. The van der Waals surface area contributed by atoms with Gasteiger partial charge in [0.1, 0.15) is 10.9 Å². The Morgan fingerprint density at radius 1 is 1.17 bits per heavy atom. The summed E-state index contributed by atoms with van der Waals surface area (Å²) in [5.74, 6) is 1.22. The summed E-state index contributed by atoms with van der Waals surface area (Å²) in [6, 6.07) is 13.9. The van der Waals surface area contributed by atoms with E-state index in [1.165, 1.54) is 17.3 Å². The first-order valence-corrected chi connectivity index (χ1v) is 10.6. The van der Waals surface area contributed by atoms with E-state index in [0.29, 0.717) is 40.5 Å². The highest BCUT2D eigenvalue weighted by molar-refractivity contribution is 8.26. The number of amides is 1. The third kappa shape index (κ3) is 5.28. The Morgan fingerprint density at radius 2 is 2.00 bits per heavy atom. The molecule has 2 aromatic carbocycles. The first kappa shape index (κ1) is 21.1. The van der Waals surface area contributed by atoms with E-state index >= 15 is 0 Å². The summed E-state index contributed by atoms with van der Waals surface area (Å²) >= 11 is 6.59. The van der Waals surface area contributed by atoms with Gasteiger partial charge in [0.2, 0.25) is 0 Å². The molecule has 2 aromatic rings. The number of rotatable bonds is 8. The van der Waals surface area contributed by atoms with Gasteiger partial charge in [-0.25, -0.2) is 0 Å². The van der Waals surface area contributed by atoms with Crippen LogP contribution in [0.5, 0.6) is 11.5 Å². The van der Waals surface area contributed by atoms with Gasteiger partial charge >= 0.3 is 0 Å². The zero-order chi connectivity index (χ0) is 20.8. The molecule has 3 rings (SSSR count). The number of hydrogen-bond acceptors (Lipinski definition) is 5. The number of thioether (sulfide) groups is 1. The number of carbonyl (C=O) groups excluding carboxylic acids is 1. The van der Waals surface area contributed by atoms with Crippen molar-refractivity contribution in [2.75, 3.05) is 13.2 Å². The molecule has 1 fully saturated rings. The molecule has 6 heteroatoms. The fraction of sp³-hybridized carbons (Fsp3) is 0.217. The largest absolute Gasteiger partial charge is 0.490 e. The summed E-state index contributed by atoms with van der Waals surface area (Å²) in [7, 11) is 0. The van der Waals surface area contributed by atoms with E-state index in [1.54, 1.807) is 11.0 Å². The quantitative estimate of drug-likeness (QED) is 0.323. The zero-order valence-electron chi connectivity index (χ0n) is 16.5. The molecule has 0 N–H and O–H groups in total. The van der Waals surface area contributed by atoms with E-state index in [2.05, 4.69) is 25.6 Å². The summed E-state index contributed by atoms with van der Waals surface area (Å²) in [5.41, 5.74) is 3.15. The minimum absolute atomic E-state index is 0.0994. The highest BCUT2D eigenvalue weighted by Crippen LogP contribution is 2.35. The van der Waals surface area contributed by atoms with Gasteiger partial charge in [0, 0.05) is 6.54 Å². The minimum atomic E-state index is -0.0994. The molecule has 1 saturated heterocycles. The van der Waals surface area contributed by atoms with Crippen LogP contribution >= 0.6 is 24.0 Å². The molecule has 0 radical (unpaired) electrons. The van der Waals surface area contributed by atoms with Crippen LogP contribution in [0.25, 0.3) is 6.08 Å². The lowest BCUT2D eigenvalue weighted by atomic mass is 10.1. The van der Waals surface area contributed by atoms with Gasteiger partial charge in [-0.3, -0.25) is 9.69 Å². The van der Waals surface area contributed by atoms with Gasteiger partial charge in [-0.2, -0.15) is 0 Å². The minimum Gasteiger partial charge on any atom is -0.490 e. The van der Waals surface area contributed by atoms with Crippen LogP contribution in [0.1, 0.15) is 23.6 Å². The smallest absolute Gasteiger partial charge is 0.266 e. The Bertz CT molecular complexity index is 968. The number of benzene rings is 2. The van der Waals surface area contributed by atoms with E-state index in [4.69, 9.17) is 21.7 Å². The first-order valence-electron chi connectivity index (χ1n) is 9.33. The summed E-state index contributed by atoms with van der Waals surface area (Å²) in [4.78, 5) is 14.7. The standard InChI is InChI=1S/C23H23NO3S2/c1-4-11-24-22(25)21(29-23(24)28)14-17-9-10-19(20(13-17)26-5-2)27-15-18-8-6-7-16(3)12-18/h4,6-10,12-14H,1,5,11,15H2,2-3H3/b21-14-. The van der Waals surface area contributed by atoms with Crippen molar-refractivity contribution in [3.63, 3.8) is 0 Å². The summed E-state index contributed by atoms with van der Waals surface area (Å²) in [6.07, 6.45) is 3.50. The molecule has 1 amide bonds. The van der Waals surface area contributed by atoms with Gasteiger partial charge in [-0.15, -0.1) is 6.58 Å². The van der Waals surface area contributed by atoms with Crippen molar-refractivity contribution < 1.29 is 14.3 Å². The van der Waals surface area contributed by atoms with Crippen LogP contribution in [-0.2, 0) is 11.4 Å². The Balaban J connectivity index is 1.79. The molecule has 0 saturated carbocycles. The van der Waals surface area contributed by atoms with Crippen molar-refractivity contribution in [2.24, 2.45) is 0 Å². The molecule has 4 nitrogen and oxygen atoms in total. The van der Waals surface area contributed by atoms with E-state index in [0.717, 1.165) is 11.1 Å². The van der Waals surface area contributed by atoms with E-state index in [-0.39, 0.29) is 5.91 Å². The van der Waals surface area contributed by atoms with Crippen LogP contribution in [-0.4, -0.2) is 28.3 Å². The van der Waals surface area contributed by atoms with Gasteiger partial charge in [0.15, 0.2) is 11.5 Å². The maximum atomic E-state index is 12.5. The summed E-state index contributed by atoms with van der Waals surface area (Å²) in [5, 5.41) is 0. The third-order valence-corrected chi connectivity index (χ3v) is 5.61. The fourth-order valence-corrected chi connectivity index (χ4v) is 4.18. The van der Waals surface area contributed by atoms with Crippen molar-refractivity contribution >= 4 is 40.3 Å². The molecule has 0 aliphatic carbocycles. The highest BCUT2D eigenvalue weighted by atomic mass is 32.2.